The summed E-state index contributed by atoms with van der Waals surface area (Å²) in [6.07, 6.45) is 5.09. The molecule has 0 atom stereocenters. The molecule has 4 heterocycles. The Morgan fingerprint density at radius 1 is 1.11 bits per heavy atom. The van der Waals surface area contributed by atoms with Gasteiger partial charge in [0.2, 0.25) is 5.91 Å². The zero-order valence-electron chi connectivity index (χ0n) is 16.4. The molecule has 1 aromatic heterocycles. The average molecular weight is 374 g/mol. The van der Waals surface area contributed by atoms with Crippen LogP contribution in [-0.4, -0.2) is 89.6 Å². The summed E-state index contributed by atoms with van der Waals surface area (Å²) in [6, 6.07) is 0. The second-order valence-electron chi connectivity index (χ2n) is 7.96. The number of amides is 1. The number of carbonyl (C=O) groups is 1. The predicted octanol–water partition coefficient (Wildman–Crippen LogP) is 0.893. The lowest BCUT2D eigenvalue weighted by atomic mass is 9.95. The van der Waals surface area contributed by atoms with Crippen molar-refractivity contribution in [3.63, 3.8) is 0 Å². The smallest absolute Gasteiger partial charge is 0.219 e. The Balaban J connectivity index is 1.28. The second kappa shape index (κ2) is 8.63. The number of hydrogen-bond donors (Lipinski definition) is 0. The Hall–Kier alpha value is -1.57. The minimum absolute atomic E-state index is 0.133. The molecule has 0 bridgehead atoms. The summed E-state index contributed by atoms with van der Waals surface area (Å²) in [5, 5.41) is 0. The van der Waals surface area contributed by atoms with E-state index < -0.39 is 0 Å². The highest BCUT2D eigenvalue weighted by Crippen LogP contribution is 2.27. The SMILES string of the molecule is CC(=O)N1CCc2nc(C3CCN(CCN4CCOCC4)CC3)ncc2C1. The first-order valence-corrected chi connectivity index (χ1v) is 10.3. The molecule has 3 aliphatic heterocycles. The van der Waals surface area contributed by atoms with Crippen molar-refractivity contribution >= 4 is 5.91 Å². The van der Waals surface area contributed by atoms with Crippen molar-refractivity contribution in [3.05, 3.63) is 23.3 Å². The van der Waals surface area contributed by atoms with Gasteiger partial charge in [-0.1, -0.05) is 0 Å². The normalized spacial score (nSPS) is 22.6. The average Bonchev–Trinajstić information content (AvgIpc) is 2.72. The fourth-order valence-corrected chi connectivity index (χ4v) is 4.32. The molecule has 1 aromatic rings. The first-order valence-electron chi connectivity index (χ1n) is 10.3. The molecule has 0 aliphatic carbocycles. The van der Waals surface area contributed by atoms with Gasteiger partial charge in [0.15, 0.2) is 0 Å². The summed E-state index contributed by atoms with van der Waals surface area (Å²) in [7, 11) is 0. The maximum atomic E-state index is 11.6. The lowest BCUT2D eigenvalue weighted by molar-refractivity contribution is -0.129. The van der Waals surface area contributed by atoms with E-state index in [9.17, 15) is 4.79 Å². The molecule has 0 saturated carbocycles. The first kappa shape index (κ1) is 18.8. The predicted molar refractivity (Wildman–Crippen MR) is 103 cm³/mol. The Kier molecular flexibility index (Phi) is 6.00. The van der Waals surface area contributed by atoms with Crippen molar-refractivity contribution in [2.24, 2.45) is 0 Å². The van der Waals surface area contributed by atoms with Crippen molar-refractivity contribution in [2.45, 2.75) is 38.6 Å². The van der Waals surface area contributed by atoms with Crippen molar-refractivity contribution in [1.29, 1.82) is 0 Å². The summed E-state index contributed by atoms with van der Waals surface area (Å²) in [5.41, 5.74) is 2.26. The van der Waals surface area contributed by atoms with Crippen LogP contribution in [0.4, 0.5) is 0 Å². The number of rotatable bonds is 4. The lowest BCUT2D eigenvalue weighted by Crippen LogP contribution is -2.43. The van der Waals surface area contributed by atoms with Gasteiger partial charge in [0.05, 0.1) is 18.9 Å². The van der Waals surface area contributed by atoms with Crippen LogP contribution in [0, 0.1) is 0 Å². The van der Waals surface area contributed by atoms with E-state index in [0.717, 1.165) is 95.4 Å². The van der Waals surface area contributed by atoms with Gasteiger partial charge < -0.3 is 14.5 Å². The molecule has 0 aromatic carbocycles. The molecule has 0 radical (unpaired) electrons. The van der Waals surface area contributed by atoms with Crippen molar-refractivity contribution in [1.82, 2.24) is 24.7 Å². The molecular formula is C20H31N5O2. The van der Waals surface area contributed by atoms with E-state index in [4.69, 9.17) is 9.72 Å². The number of fused-ring (bicyclic) bond motifs is 1. The maximum Gasteiger partial charge on any atom is 0.219 e. The number of piperidine rings is 1. The molecule has 1 amide bonds. The third kappa shape index (κ3) is 4.65. The Labute approximate surface area is 161 Å². The van der Waals surface area contributed by atoms with E-state index in [2.05, 4.69) is 14.8 Å². The highest BCUT2D eigenvalue weighted by Gasteiger charge is 2.25. The Morgan fingerprint density at radius 3 is 2.52 bits per heavy atom. The summed E-state index contributed by atoms with van der Waals surface area (Å²) >= 11 is 0. The van der Waals surface area contributed by atoms with E-state index in [-0.39, 0.29) is 5.91 Å². The van der Waals surface area contributed by atoms with Gasteiger partial charge in [-0.25, -0.2) is 9.97 Å². The fourth-order valence-electron chi connectivity index (χ4n) is 4.32. The number of likely N-dealkylation sites (tertiary alicyclic amines) is 1. The summed E-state index contributed by atoms with van der Waals surface area (Å²) in [4.78, 5) is 28.1. The molecule has 27 heavy (non-hydrogen) atoms. The number of hydrogen-bond acceptors (Lipinski definition) is 6. The van der Waals surface area contributed by atoms with Crippen LogP contribution in [0.5, 0.6) is 0 Å². The number of nitrogens with zero attached hydrogens (tertiary/aromatic N) is 5. The van der Waals surface area contributed by atoms with Crippen molar-refractivity contribution < 1.29 is 9.53 Å². The Morgan fingerprint density at radius 2 is 1.81 bits per heavy atom. The van der Waals surface area contributed by atoms with E-state index >= 15 is 0 Å². The summed E-state index contributed by atoms with van der Waals surface area (Å²) < 4.78 is 5.42. The van der Waals surface area contributed by atoms with Gasteiger partial charge in [-0.15, -0.1) is 0 Å². The molecule has 2 fully saturated rings. The van der Waals surface area contributed by atoms with Gasteiger partial charge in [0.1, 0.15) is 5.82 Å². The van der Waals surface area contributed by atoms with Crippen molar-refractivity contribution in [3.8, 4) is 0 Å². The van der Waals surface area contributed by atoms with E-state index in [1.165, 1.54) is 0 Å². The summed E-state index contributed by atoms with van der Waals surface area (Å²) in [5.74, 6) is 1.62. The molecule has 0 N–H and O–H groups in total. The minimum Gasteiger partial charge on any atom is -0.379 e. The second-order valence-corrected chi connectivity index (χ2v) is 7.96. The third-order valence-electron chi connectivity index (χ3n) is 6.19. The zero-order chi connectivity index (χ0) is 18.6. The van der Waals surface area contributed by atoms with Crippen LogP contribution in [0.25, 0.3) is 0 Å². The first-order chi connectivity index (χ1) is 13.2. The molecule has 4 rings (SSSR count). The Bertz CT molecular complexity index is 654. The highest BCUT2D eigenvalue weighted by atomic mass is 16.5. The number of carbonyl (C=O) groups excluding carboxylic acids is 1. The quantitative estimate of drug-likeness (QED) is 0.781. The number of morpholine rings is 1. The lowest BCUT2D eigenvalue weighted by Gasteiger charge is -2.34. The number of ether oxygens (including phenoxy) is 1. The van der Waals surface area contributed by atoms with Crippen LogP contribution in [0.15, 0.2) is 6.20 Å². The minimum atomic E-state index is 0.133. The van der Waals surface area contributed by atoms with Crippen LogP contribution in [-0.2, 0) is 22.5 Å². The van der Waals surface area contributed by atoms with E-state index in [1.807, 2.05) is 11.1 Å². The molecule has 7 heteroatoms. The molecule has 0 unspecified atom stereocenters. The van der Waals surface area contributed by atoms with Gasteiger partial charge in [-0.05, 0) is 25.9 Å². The maximum absolute atomic E-state index is 11.6. The van der Waals surface area contributed by atoms with Gasteiger partial charge in [-0.3, -0.25) is 9.69 Å². The zero-order valence-corrected chi connectivity index (χ0v) is 16.4. The van der Waals surface area contributed by atoms with Gasteiger partial charge in [0.25, 0.3) is 0 Å². The van der Waals surface area contributed by atoms with Crippen molar-refractivity contribution in [2.75, 3.05) is 59.0 Å². The highest BCUT2D eigenvalue weighted by molar-refractivity contribution is 5.73. The molecule has 7 nitrogen and oxygen atoms in total. The number of aromatic nitrogens is 2. The standard InChI is InChI=1S/C20H31N5O2/c1-16(26)25-7-4-19-18(15-25)14-21-20(22-19)17-2-5-23(6-3-17)8-9-24-10-12-27-13-11-24/h14,17H,2-13,15H2,1H3. The van der Waals surface area contributed by atoms with E-state index in [1.54, 1.807) is 6.92 Å². The van der Waals surface area contributed by atoms with E-state index in [0.29, 0.717) is 12.5 Å². The van der Waals surface area contributed by atoms with Gasteiger partial charge in [-0.2, -0.15) is 0 Å². The molecule has 0 spiro atoms. The monoisotopic (exact) mass is 373 g/mol. The fraction of sp³-hybridized carbons (Fsp3) is 0.750. The molecule has 3 aliphatic rings. The molecular weight excluding hydrogens is 342 g/mol. The van der Waals surface area contributed by atoms with Gasteiger partial charge in [0, 0.05) is 70.3 Å². The molecule has 2 saturated heterocycles. The van der Waals surface area contributed by atoms with Crippen LogP contribution in [0.3, 0.4) is 0 Å². The summed E-state index contributed by atoms with van der Waals surface area (Å²) in [6.45, 7) is 11.5. The van der Waals surface area contributed by atoms with Crippen LogP contribution in [0.1, 0.15) is 42.8 Å². The molecule has 148 valence electrons. The largest absolute Gasteiger partial charge is 0.379 e. The van der Waals surface area contributed by atoms with Crippen LogP contribution < -0.4 is 0 Å². The van der Waals surface area contributed by atoms with Gasteiger partial charge >= 0.3 is 0 Å². The third-order valence-corrected chi connectivity index (χ3v) is 6.19. The topological polar surface area (TPSA) is 61.8 Å². The van der Waals surface area contributed by atoms with Crippen LogP contribution >= 0.6 is 0 Å². The van der Waals surface area contributed by atoms with Crippen LogP contribution in [0.2, 0.25) is 0 Å².